The van der Waals surface area contributed by atoms with Crippen LogP contribution in [0.2, 0.25) is 0 Å². The summed E-state index contributed by atoms with van der Waals surface area (Å²) in [5.41, 5.74) is 0.776. The van der Waals surface area contributed by atoms with Crippen LogP contribution in [0.15, 0.2) is 41.4 Å². The smallest absolute Gasteiger partial charge is 0.325 e. The molecule has 2 aromatic carbocycles. The number of carbonyl (C=O) groups excluding carboxylic acids is 2. The summed E-state index contributed by atoms with van der Waals surface area (Å²) in [5.74, 6) is -0.482. The summed E-state index contributed by atoms with van der Waals surface area (Å²) >= 11 is 1.21. The van der Waals surface area contributed by atoms with E-state index >= 15 is 0 Å². The average molecular weight is 402 g/mol. The first kappa shape index (κ1) is 18.2. The van der Waals surface area contributed by atoms with Gasteiger partial charge < -0.3 is 18.8 Å². The van der Waals surface area contributed by atoms with E-state index in [-0.39, 0.29) is 16.9 Å². The van der Waals surface area contributed by atoms with Crippen molar-refractivity contribution in [2.45, 2.75) is 6.54 Å². The number of fused-ring (bicyclic) bond motifs is 2. The highest BCUT2D eigenvalue weighted by Crippen LogP contribution is 2.35. The maximum absolute atomic E-state index is 13.4. The number of hydrogen-bond acceptors (Lipinski definition) is 6. The molecule has 144 valence electrons. The van der Waals surface area contributed by atoms with Crippen molar-refractivity contribution in [1.29, 1.82) is 0 Å². The van der Waals surface area contributed by atoms with Crippen molar-refractivity contribution in [3.8, 4) is 11.5 Å². The van der Waals surface area contributed by atoms with Crippen LogP contribution in [0.5, 0.6) is 11.5 Å². The molecule has 0 aliphatic carbocycles. The number of hydrogen-bond donors (Lipinski definition) is 0. The van der Waals surface area contributed by atoms with Crippen molar-refractivity contribution < 1.29 is 28.2 Å². The third kappa shape index (κ3) is 3.48. The first-order valence-electron chi connectivity index (χ1n) is 8.39. The molecule has 7 nitrogen and oxygen atoms in total. The molecule has 2 heterocycles. The number of aromatic nitrogens is 1. The summed E-state index contributed by atoms with van der Waals surface area (Å²) in [6.07, 6.45) is 0. The number of esters is 1. The van der Waals surface area contributed by atoms with Gasteiger partial charge in [0, 0.05) is 17.7 Å². The van der Waals surface area contributed by atoms with Gasteiger partial charge in [-0.1, -0.05) is 17.4 Å². The maximum atomic E-state index is 13.4. The Bertz CT molecular complexity index is 1150. The molecule has 3 aromatic rings. The van der Waals surface area contributed by atoms with Crippen molar-refractivity contribution in [2.24, 2.45) is 4.99 Å². The third-order valence-corrected chi connectivity index (χ3v) is 5.17. The first-order valence-corrected chi connectivity index (χ1v) is 9.21. The second-order valence-electron chi connectivity index (χ2n) is 5.94. The molecule has 0 N–H and O–H groups in total. The van der Waals surface area contributed by atoms with Gasteiger partial charge in [0.2, 0.25) is 0 Å². The summed E-state index contributed by atoms with van der Waals surface area (Å²) in [6, 6.07) is 8.81. The molecule has 1 aromatic heterocycles. The van der Waals surface area contributed by atoms with Gasteiger partial charge in [0.25, 0.3) is 5.91 Å². The van der Waals surface area contributed by atoms with E-state index in [9.17, 15) is 14.0 Å². The molecule has 0 unspecified atom stereocenters. The molecule has 9 heteroatoms. The zero-order chi connectivity index (χ0) is 19.7. The number of benzene rings is 2. The third-order valence-electron chi connectivity index (χ3n) is 4.13. The van der Waals surface area contributed by atoms with E-state index in [1.807, 2.05) is 0 Å². The van der Waals surface area contributed by atoms with Gasteiger partial charge in [-0.2, -0.15) is 4.99 Å². The van der Waals surface area contributed by atoms with Crippen LogP contribution in [0, 0.1) is 5.82 Å². The summed E-state index contributed by atoms with van der Waals surface area (Å²) in [7, 11) is 1.28. The number of ether oxygens (including phenoxy) is 3. The van der Waals surface area contributed by atoms with Gasteiger partial charge in [0.15, 0.2) is 16.3 Å². The minimum Gasteiger partial charge on any atom is -0.486 e. The van der Waals surface area contributed by atoms with E-state index in [1.165, 1.54) is 36.6 Å². The van der Waals surface area contributed by atoms with Gasteiger partial charge in [0.05, 0.1) is 17.3 Å². The van der Waals surface area contributed by atoms with E-state index in [4.69, 9.17) is 14.2 Å². The van der Waals surface area contributed by atoms with Crippen molar-refractivity contribution in [1.82, 2.24) is 4.57 Å². The minimum absolute atomic E-state index is 0.119. The molecule has 0 atom stereocenters. The summed E-state index contributed by atoms with van der Waals surface area (Å²) in [4.78, 5) is 28.8. The fourth-order valence-electron chi connectivity index (χ4n) is 2.81. The van der Waals surface area contributed by atoms with Crippen LogP contribution in [0.1, 0.15) is 10.4 Å². The number of amides is 1. The Morgan fingerprint density at radius 1 is 1.21 bits per heavy atom. The van der Waals surface area contributed by atoms with E-state index in [0.717, 1.165) is 10.8 Å². The quantitative estimate of drug-likeness (QED) is 0.629. The van der Waals surface area contributed by atoms with Crippen LogP contribution in [-0.2, 0) is 16.1 Å². The molecular formula is C19H15FN2O5S. The Hall–Kier alpha value is -3.20. The molecule has 0 saturated heterocycles. The molecule has 1 amide bonds. The summed E-state index contributed by atoms with van der Waals surface area (Å²) in [5, 5.41) is 0. The fourth-order valence-corrected chi connectivity index (χ4v) is 3.85. The lowest BCUT2D eigenvalue weighted by atomic mass is 10.2. The molecule has 4 rings (SSSR count). The molecule has 0 spiro atoms. The molecule has 0 fully saturated rings. The van der Waals surface area contributed by atoms with Gasteiger partial charge in [0.1, 0.15) is 25.6 Å². The Balaban J connectivity index is 1.87. The van der Waals surface area contributed by atoms with Crippen LogP contribution in [0.3, 0.4) is 0 Å². The Morgan fingerprint density at radius 3 is 2.68 bits per heavy atom. The highest BCUT2D eigenvalue weighted by atomic mass is 32.1. The largest absolute Gasteiger partial charge is 0.486 e. The standard InChI is InChI=1S/C19H15FN2O5S/c1-25-17(23)10-22-13-8-14-15(27-6-5-26-14)9-16(13)28-19(22)21-18(24)11-3-2-4-12(20)7-11/h2-4,7-9H,5-6,10H2,1H3. The van der Waals surface area contributed by atoms with Crippen LogP contribution < -0.4 is 14.3 Å². The minimum atomic E-state index is -0.609. The van der Waals surface area contributed by atoms with Crippen molar-refractivity contribution in [3.63, 3.8) is 0 Å². The molecule has 28 heavy (non-hydrogen) atoms. The van der Waals surface area contributed by atoms with Crippen LogP contribution >= 0.6 is 11.3 Å². The lowest BCUT2D eigenvalue weighted by molar-refractivity contribution is -0.141. The molecule has 1 aliphatic rings. The SMILES string of the molecule is COC(=O)Cn1c(=NC(=O)c2cccc(F)c2)sc2cc3c(cc21)OCCO3. The van der Waals surface area contributed by atoms with Crippen LogP contribution in [-0.4, -0.2) is 36.8 Å². The number of methoxy groups -OCH3 is 1. The number of halogens is 1. The van der Waals surface area contributed by atoms with Gasteiger partial charge in [-0.25, -0.2) is 4.39 Å². The van der Waals surface area contributed by atoms with Crippen molar-refractivity contribution in [3.05, 3.63) is 52.6 Å². The Morgan fingerprint density at radius 2 is 1.96 bits per heavy atom. The second kappa shape index (κ2) is 7.43. The van der Waals surface area contributed by atoms with E-state index in [1.54, 1.807) is 16.7 Å². The number of nitrogens with zero attached hydrogens (tertiary/aromatic N) is 2. The topological polar surface area (TPSA) is 79.1 Å². The monoisotopic (exact) mass is 402 g/mol. The zero-order valence-corrected chi connectivity index (χ0v) is 15.6. The predicted molar refractivity (Wildman–Crippen MR) is 99.1 cm³/mol. The number of carbonyl (C=O) groups is 2. The molecule has 0 radical (unpaired) electrons. The Labute approximate surface area is 162 Å². The lowest BCUT2D eigenvalue weighted by Crippen LogP contribution is -2.22. The fraction of sp³-hybridized carbons (Fsp3) is 0.211. The molecule has 0 bridgehead atoms. The van der Waals surface area contributed by atoms with Gasteiger partial charge >= 0.3 is 5.97 Å². The summed E-state index contributed by atoms with van der Waals surface area (Å²) in [6.45, 7) is 0.738. The zero-order valence-electron chi connectivity index (χ0n) is 14.8. The normalized spacial score (nSPS) is 13.6. The molecular weight excluding hydrogens is 387 g/mol. The van der Waals surface area contributed by atoms with Crippen LogP contribution in [0.4, 0.5) is 4.39 Å². The summed E-state index contributed by atoms with van der Waals surface area (Å²) < 4.78 is 31.7. The van der Waals surface area contributed by atoms with Crippen LogP contribution in [0.25, 0.3) is 10.2 Å². The number of thiazole rings is 1. The Kier molecular flexibility index (Phi) is 4.82. The van der Waals surface area contributed by atoms with E-state index in [2.05, 4.69) is 4.99 Å². The lowest BCUT2D eigenvalue weighted by Gasteiger charge is -2.18. The van der Waals surface area contributed by atoms with E-state index in [0.29, 0.717) is 30.2 Å². The predicted octanol–water partition coefficient (Wildman–Crippen LogP) is 2.53. The van der Waals surface area contributed by atoms with Crippen molar-refractivity contribution >= 4 is 33.4 Å². The highest BCUT2D eigenvalue weighted by molar-refractivity contribution is 7.16. The first-order chi connectivity index (χ1) is 13.5. The van der Waals surface area contributed by atoms with Crippen molar-refractivity contribution in [2.75, 3.05) is 20.3 Å². The van der Waals surface area contributed by atoms with E-state index < -0.39 is 17.7 Å². The van der Waals surface area contributed by atoms with Gasteiger partial charge in [-0.15, -0.1) is 0 Å². The molecule has 1 aliphatic heterocycles. The molecule has 0 saturated carbocycles. The van der Waals surface area contributed by atoms with Gasteiger partial charge in [-0.05, 0) is 18.2 Å². The second-order valence-corrected chi connectivity index (χ2v) is 6.95. The number of rotatable bonds is 3. The average Bonchev–Trinajstić information content (AvgIpc) is 3.02. The maximum Gasteiger partial charge on any atom is 0.325 e. The highest BCUT2D eigenvalue weighted by Gasteiger charge is 2.18. The van der Waals surface area contributed by atoms with Gasteiger partial charge in [-0.3, -0.25) is 9.59 Å².